The van der Waals surface area contributed by atoms with Crippen LogP contribution in [0.3, 0.4) is 0 Å². The average molecular weight is 325 g/mol. The topological polar surface area (TPSA) is 101 Å². The van der Waals surface area contributed by atoms with Crippen LogP contribution in [0.4, 0.5) is 5.69 Å². The molecule has 1 aliphatic heterocycles. The van der Waals surface area contributed by atoms with E-state index in [0.717, 1.165) is 5.75 Å². The quantitative estimate of drug-likeness (QED) is 0.489. The lowest BCUT2D eigenvalue weighted by molar-refractivity contribution is -0.384. The van der Waals surface area contributed by atoms with Crippen molar-refractivity contribution in [1.82, 2.24) is 10.6 Å². The lowest BCUT2D eigenvalue weighted by atomic mass is 10.2. The highest BCUT2D eigenvalue weighted by Crippen LogP contribution is 2.19. The molecule has 1 saturated heterocycles. The molecule has 1 atom stereocenters. The summed E-state index contributed by atoms with van der Waals surface area (Å²) in [5.74, 6) is 0.246. The molecule has 0 aliphatic carbocycles. The number of nitrogens with one attached hydrogen (secondary N) is 2. The summed E-state index contributed by atoms with van der Waals surface area (Å²) in [6.07, 6.45) is 0.664. The number of carbonyl (C=O) groups is 2. The zero-order valence-corrected chi connectivity index (χ0v) is 12.3. The first-order valence-electron chi connectivity index (χ1n) is 6.00. The minimum Gasteiger partial charge on any atom is -0.352 e. The number of thioether (sulfide) groups is 1. The first-order valence-corrected chi connectivity index (χ1v) is 7.39. The van der Waals surface area contributed by atoms with Crippen LogP contribution in [0.15, 0.2) is 24.3 Å². The van der Waals surface area contributed by atoms with Crippen LogP contribution in [0.2, 0.25) is 0 Å². The zero-order valence-electron chi connectivity index (χ0n) is 10.7. The Kier molecular flexibility index (Phi) is 4.86. The predicted molar refractivity (Wildman–Crippen MR) is 82.2 cm³/mol. The van der Waals surface area contributed by atoms with E-state index in [4.69, 9.17) is 12.2 Å². The number of hydrogen-bond acceptors (Lipinski definition) is 6. The number of nitro benzene ring substituents is 1. The SMILES string of the molecule is O=C(NC(=S)N[C@@H]1CCSC1=O)c1ccc([N+](=O)[O-])cc1. The number of nitrogens with zero attached hydrogens (tertiary/aromatic N) is 1. The molecule has 0 bridgehead atoms. The Morgan fingerprint density at radius 1 is 1.38 bits per heavy atom. The molecule has 110 valence electrons. The molecule has 1 aromatic rings. The third kappa shape index (κ3) is 3.99. The van der Waals surface area contributed by atoms with Gasteiger partial charge in [0, 0.05) is 23.4 Å². The number of non-ortho nitro benzene ring substituents is 1. The average Bonchev–Trinajstić information content (AvgIpc) is 2.84. The Bertz CT molecular complexity index is 603. The second-order valence-corrected chi connectivity index (χ2v) is 5.75. The van der Waals surface area contributed by atoms with Crippen LogP contribution in [0, 0.1) is 10.1 Å². The van der Waals surface area contributed by atoms with E-state index >= 15 is 0 Å². The van der Waals surface area contributed by atoms with Gasteiger partial charge in [-0.2, -0.15) is 0 Å². The van der Waals surface area contributed by atoms with Crippen molar-refractivity contribution in [3.05, 3.63) is 39.9 Å². The lowest BCUT2D eigenvalue weighted by Gasteiger charge is -2.13. The maximum Gasteiger partial charge on any atom is 0.269 e. The molecule has 1 aliphatic rings. The number of hydrogen-bond donors (Lipinski definition) is 2. The second-order valence-electron chi connectivity index (χ2n) is 4.24. The number of amides is 1. The van der Waals surface area contributed by atoms with E-state index in [-0.39, 0.29) is 27.5 Å². The third-order valence-electron chi connectivity index (χ3n) is 2.81. The van der Waals surface area contributed by atoms with Gasteiger partial charge in [0.15, 0.2) is 5.11 Å². The van der Waals surface area contributed by atoms with Gasteiger partial charge in [-0.05, 0) is 30.8 Å². The molecule has 0 unspecified atom stereocenters. The van der Waals surface area contributed by atoms with Gasteiger partial charge in [0.05, 0.1) is 11.0 Å². The van der Waals surface area contributed by atoms with Gasteiger partial charge < -0.3 is 5.32 Å². The zero-order chi connectivity index (χ0) is 15.4. The van der Waals surface area contributed by atoms with Crippen LogP contribution in [0.25, 0.3) is 0 Å². The van der Waals surface area contributed by atoms with Crippen molar-refractivity contribution < 1.29 is 14.5 Å². The molecule has 2 N–H and O–H groups in total. The molecule has 2 rings (SSSR count). The van der Waals surface area contributed by atoms with E-state index < -0.39 is 10.8 Å². The predicted octanol–water partition coefficient (Wildman–Crippen LogP) is 1.23. The van der Waals surface area contributed by atoms with Crippen LogP contribution in [0.1, 0.15) is 16.8 Å². The van der Waals surface area contributed by atoms with Gasteiger partial charge in [-0.15, -0.1) is 0 Å². The van der Waals surface area contributed by atoms with Crippen molar-refractivity contribution in [3.63, 3.8) is 0 Å². The van der Waals surface area contributed by atoms with Gasteiger partial charge in [-0.3, -0.25) is 25.0 Å². The number of nitro groups is 1. The molecule has 0 radical (unpaired) electrons. The Morgan fingerprint density at radius 3 is 2.57 bits per heavy atom. The van der Waals surface area contributed by atoms with Crippen LogP contribution >= 0.6 is 24.0 Å². The fraction of sp³-hybridized carbons (Fsp3) is 0.250. The summed E-state index contributed by atoms with van der Waals surface area (Å²) >= 11 is 6.20. The monoisotopic (exact) mass is 325 g/mol. The van der Waals surface area contributed by atoms with E-state index in [9.17, 15) is 19.7 Å². The van der Waals surface area contributed by atoms with E-state index in [1.807, 2.05) is 0 Å². The first kappa shape index (κ1) is 15.4. The summed E-state index contributed by atoms with van der Waals surface area (Å²) in [6, 6.07) is 4.78. The van der Waals surface area contributed by atoms with Crippen LogP contribution in [-0.2, 0) is 4.79 Å². The number of thiocarbonyl (C=S) groups is 1. The smallest absolute Gasteiger partial charge is 0.269 e. The van der Waals surface area contributed by atoms with Gasteiger partial charge in [0.1, 0.15) is 0 Å². The Morgan fingerprint density at radius 2 is 2.05 bits per heavy atom. The molecule has 7 nitrogen and oxygen atoms in total. The largest absolute Gasteiger partial charge is 0.352 e. The van der Waals surface area contributed by atoms with E-state index in [1.165, 1.54) is 36.0 Å². The molecule has 1 aromatic carbocycles. The van der Waals surface area contributed by atoms with Crippen molar-refractivity contribution >= 4 is 45.8 Å². The van der Waals surface area contributed by atoms with Gasteiger partial charge >= 0.3 is 0 Å². The highest BCUT2D eigenvalue weighted by molar-refractivity contribution is 8.14. The summed E-state index contributed by atoms with van der Waals surface area (Å²) in [7, 11) is 0. The van der Waals surface area contributed by atoms with E-state index in [2.05, 4.69) is 10.6 Å². The first-order chi connectivity index (χ1) is 9.97. The van der Waals surface area contributed by atoms with Crippen LogP contribution < -0.4 is 10.6 Å². The maximum atomic E-state index is 11.9. The number of rotatable bonds is 3. The summed E-state index contributed by atoms with van der Waals surface area (Å²) in [6.45, 7) is 0. The van der Waals surface area contributed by atoms with Crippen molar-refractivity contribution in [3.8, 4) is 0 Å². The van der Waals surface area contributed by atoms with Crippen molar-refractivity contribution in [2.45, 2.75) is 12.5 Å². The summed E-state index contributed by atoms with van der Waals surface area (Å²) in [5.41, 5.74) is 0.151. The van der Waals surface area contributed by atoms with Gasteiger partial charge in [0.25, 0.3) is 11.6 Å². The molecule has 21 heavy (non-hydrogen) atoms. The Labute approximate surface area is 129 Å². The summed E-state index contributed by atoms with van der Waals surface area (Å²) in [5, 5.41) is 15.8. The molecule has 0 aromatic heterocycles. The normalized spacial score (nSPS) is 17.3. The number of carbonyl (C=O) groups excluding carboxylic acids is 2. The molecular formula is C12H11N3O4S2. The summed E-state index contributed by atoms with van der Waals surface area (Å²) in [4.78, 5) is 33.3. The fourth-order valence-corrected chi connectivity index (χ4v) is 2.90. The standard InChI is InChI=1S/C12H11N3O4S2/c16-10(7-1-3-8(4-2-7)15(18)19)14-12(20)13-9-5-6-21-11(9)17/h1-4,9H,5-6H2,(H2,13,14,16,20)/t9-/m1/s1. The van der Waals surface area contributed by atoms with Gasteiger partial charge in [-0.1, -0.05) is 11.8 Å². The molecule has 9 heteroatoms. The molecule has 1 heterocycles. The Balaban J connectivity index is 1.92. The van der Waals surface area contributed by atoms with Crippen LogP contribution in [0.5, 0.6) is 0 Å². The third-order valence-corrected chi connectivity index (χ3v) is 4.04. The highest BCUT2D eigenvalue weighted by Gasteiger charge is 2.26. The fourth-order valence-electron chi connectivity index (χ4n) is 1.73. The van der Waals surface area contributed by atoms with Crippen LogP contribution in [-0.4, -0.2) is 32.9 Å². The second kappa shape index (κ2) is 6.64. The number of benzene rings is 1. The molecule has 0 saturated carbocycles. The molecule has 1 amide bonds. The maximum absolute atomic E-state index is 11.9. The van der Waals surface area contributed by atoms with E-state index in [1.54, 1.807) is 0 Å². The van der Waals surface area contributed by atoms with Crippen molar-refractivity contribution in [2.75, 3.05) is 5.75 Å². The Hall–Kier alpha value is -2.00. The van der Waals surface area contributed by atoms with Gasteiger partial charge in [-0.25, -0.2) is 0 Å². The van der Waals surface area contributed by atoms with Crippen molar-refractivity contribution in [1.29, 1.82) is 0 Å². The van der Waals surface area contributed by atoms with Crippen molar-refractivity contribution in [2.24, 2.45) is 0 Å². The molecule has 0 spiro atoms. The minimum absolute atomic E-state index is 0.00179. The lowest BCUT2D eigenvalue weighted by Crippen LogP contribution is -2.45. The van der Waals surface area contributed by atoms with Gasteiger partial charge in [0.2, 0.25) is 5.12 Å². The molecular weight excluding hydrogens is 314 g/mol. The molecule has 1 fully saturated rings. The summed E-state index contributed by atoms with van der Waals surface area (Å²) < 4.78 is 0. The van der Waals surface area contributed by atoms with E-state index in [0.29, 0.717) is 6.42 Å². The minimum atomic E-state index is -0.544. The highest BCUT2D eigenvalue weighted by atomic mass is 32.2.